The number of methoxy groups -OCH3 is 1. The molecule has 33 heavy (non-hydrogen) atoms. The normalized spacial score (nSPS) is 13.4. The average Bonchev–Trinajstić information content (AvgIpc) is 3.38. The second kappa shape index (κ2) is 9.09. The second-order valence-electron chi connectivity index (χ2n) is 7.62. The molecule has 0 spiro atoms. The predicted molar refractivity (Wildman–Crippen MR) is 124 cm³/mol. The molecule has 1 aliphatic heterocycles. The first-order valence-electron chi connectivity index (χ1n) is 10.4. The SMILES string of the molecule is COC(=O)c1ccc(Oc2coc3c4c(ccc3c2=O)OCN(CCc2cccs2)C4)cc1. The van der Waals surface area contributed by atoms with Crippen LogP contribution in [0.2, 0.25) is 0 Å². The van der Waals surface area contributed by atoms with Gasteiger partial charge in [-0.2, -0.15) is 0 Å². The number of thiophene rings is 1. The van der Waals surface area contributed by atoms with Crippen molar-refractivity contribution in [2.24, 2.45) is 0 Å². The molecule has 2 aromatic heterocycles. The number of hydrogen-bond donors (Lipinski definition) is 0. The fraction of sp³-hybridized carbons (Fsp3) is 0.200. The van der Waals surface area contributed by atoms with Crippen LogP contribution in [0.1, 0.15) is 20.8 Å². The highest BCUT2D eigenvalue weighted by Gasteiger charge is 2.23. The molecule has 0 amide bonds. The largest absolute Gasteiger partial charge is 0.478 e. The average molecular weight is 464 g/mol. The number of ether oxygens (including phenoxy) is 3. The summed E-state index contributed by atoms with van der Waals surface area (Å²) in [6.07, 6.45) is 2.27. The molecule has 1 aliphatic rings. The van der Waals surface area contributed by atoms with Gasteiger partial charge in [-0.25, -0.2) is 4.79 Å². The van der Waals surface area contributed by atoms with Crippen LogP contribution in [0.4, 0.5) is 0 Å². The van der Waals surface area contributed by atoms with Gasteiger partial charge in [0.2, 0.25) is 11.2 Å². The molecule has 0 unspecified atom stereocenters. The van der Waals surface area contributed by atoms with Gasteiger partial charge in [-0.05, 0) is 54.3 Å². The van der Waals surface area contributed by atoms with E-state index in [9.17, 15) is 9.59 Å². The zero-order valence-electron chi connectivity index (χ0n) is 17.9. The van der Waals surface area contributed by atoms with Crippen molar-refractivity contribution in [1.29, 1.82) is 0 Å². The Morgan fingerprint density at radius 1 is 1.15 bits per heavy atom. The van der Waals surface area contributed by atoms with Crippen LogP contribution in [-0.4, -0.2) is 31.3 Å². The van der Waals surface area contributed by atoms with E-state index >= 15 is 0 Å². The Labute approximate surface area is 193 Å². The molecular weight excluding hydrogens is 442 g/mol. The summed E-state index contributed by atoms with van der Waals surface area (Å²) < 4.78 is 22.2. The highest BCUT2D eigenvalue weighted by Crippen LogP contribution is 2.33. The second-order valence-corrected chi connectivity index (χ2v) is 8.65. The fourth-order valence-electron chi connectivity index (χ4n) is 3.78. The Bertz CT molecular complexity index is 1340. The first-order valence-corrected chi connectivity index (χ1v) is 11.3. The van der Waals surface area contributed by atoms with Crippen molar-refractivity contribution in [2.75, 3.05) is 20.4 Å². The van der Waals surface area contributed by atoms with Crippen LogP contribution in [-0.2, 0) is 17.7 Å². The summed E-state index contributed by atoms with van der Waals surface area (Å²) in [5, 5.41) is 2.51. The van der Waals surface area contributed by atoms with E-state index in [1.807, 2.05) is 0 Å². The van der Waals surface area contributed by atoms with E-state index in [-0.39, 0.29) is 11.2 Å². The molecule has 0 saturated heterocycles. The Balaban J connectivity index is 1.38. The van der Waals surface area contributed by atoms with Crippen LogP contribution in [0.25, 0.3) is 11.0 Å². The van der Waals surface area contributed by atoms with E-state index in [0.29, 0.717) is 35.6 Å². The minimum Gasteiger partial charge on any atom is -0.478 e. The highest BCUT2D eigenvalue weighted by molar-refractivity contribution is 7.09. The van der Waals surface area contributed by atoms with E-state index in [2.05, 4.69) is 22.4 Å². The molecule has 4 aromatic rings. The van der Waals surface area contributed by atoms with Gasteiger partial charge in [-0.15, -0.1) is 11.3 Å². The smallest absolute Gasteiger partial charge is 0.337 e. The number of esters is 1. The topological polar surface area (TPSA) is 78.2 Å². The monoisotopic (exact) mass is 463 g/mol. The van der Waals surface area contributed by atoms with Crippen molar-refractivity contribution >= 4 is 28.3 Å². The number of nitrogens with zero attached hydrogens (tertiary/aromatic N) is 1. The van der Waals surface area contributed by atoms with Crippen molar-refractivity contribution in [3.05, 3.63) is 86.4 Å². The quantitative estimate of drug-likeness (QED) is 0.379. The van der Waals surface area contributed by atoms with E-state index in [1.54, 1.807) is 47.7 Å². The lowest BCUT2D eigenvalue weighted by Crippen LogP contribution is -2.33. The minimum absolute atomic E-state index is 0.0690. The van der Waals surface area contributed by atoms with Crippen molar-refractivity contribution in [3.63, 3.8) is 0 Å². The van der Waals surface area contributed by atoms with Crippen LogP contribution < -0.4 is 14.9 Å². The van der Waals surface area contributed by atoms with E-state index in [4.69, 9.17) is 18.6 Å². The van der Waals surface area contributed by atoms with Crippen molar-refractivity contribution in [2.45, 2.75) is 13.0 Å². The zero-order chi connectivity index (χ0) is 22.8. The highest BCUT2D eigenvalue weighted by atomic mass is 32.1. The molecule has 0 saturated carbocycles. The van der Waals surface area contributed by atoms with E-state index < -0.39 is 5.97 Å². The summed E-state index contributed by atoms with van der Waals surface area (Å²) in [5.41, 5.74) is 1.49. The van der Waals surface area contributed by atoms with Crippen molar-refractivity contribution in [3.8, 4) is 17.2 Å². The molecule has 0 N–H and O–H groups in total. The third-order valence-corrected chi connectivity index (χ3v) is 6.45. The fourth-order valence-corrected chi connectivity index (χ4v) is 4.48. The first-order chi connectivity index (χ1) is 16.1. The molecule has 7 nitrogen and oxygen atoms in total. The van der Waals surface area contributed by atoms with Crippen LogP contribution in [0.15, 0.2) is 69.4 Å². The molecule has 0 radical (unpaired) electrons. The van der Waals surface area contributed by atoms with Gasteiger partial charge in [0.1, 0.15) is 30.1 Å². The van der Waals surface area contributed by atoms with Gasteiger partial charge in [-0.1, -0.05) is 6.07 Å². The Morgan fingerprint density at radius 3 is 2.76 bits per heavy atom. The van der Waals surface area contributed by atoms with Crippen molar-refractivity contribution < 1.29 is 23.4 Å². The minimum atomic E-state index is -0.441. The molecule has 0 atom stereocenters. The number of carbonyl (C=O) groups excluding carboxylic acids is 1. The number of benzene rings is 2. The van der Waals surface area contributed by atoms with Crippen LogP contribution in [0.5, 0.6) is 17.2 Å². The van der Waals surface area contributed by atoms with Gasteiger partial charge in [-0.3, -0.25) is 9.69 Å². The van der Waals surface area contributed by atoms with Gasteiger partial charge in [0.05, 0.1) is 23.6 Å². The molecular formula is C25H21NO6S. The molecule has 0 aliphatic carbocycles. The molecule has 168 valence electrons. The first kappa shape index (κ1) is 21.2. The Kier molecular flexibility index (Phi) is 5.85. The lowest BCUT2D eigenvalue weighted by molar-refractivity contribution is 0.0600. The van der Waals surface area contributed by atoms with Gasteiger partial charge < -0.3 is 18.6 Å². The van der Waals surface area contributed by atoms with Gasteiger partial charge in [0, 0.05) is 18.0 Å². The maximum atomic E-state index is 13.1. The van der Waals surface area contributed by atoms with Crippen LogP contribution in [0.3, 0.4) is 0 Å². The molecule has 2 aromatic carbocycles. The predicted octanol–water partition coefficient (Wildman–Crippen LogP) is 4.83. The van der Waals surface area contributed by atoms with Crippen LogP contribution >= 0.6 is 11.3 Å². The molecule has 0 bridgehead atoms. The van der Waals surface area contributed by atoms with Gasteiger partial charge >= 0.3 is 5.97 Å². The molecule has 0 fully saturated rings. The maximum absolute atomic E-state index is 13.1. The number of rotatable bonds is 6. The summed E-state index contributed by atoms with van der Waals surface area (Å²) >= 11 is 1.74. The third-order valence-electron chi connectivity index (χ3n) is 5.51. The zero-order valence-corrected chi connectivity index (χ0v) is 18.7. The summed E-state index contributed by atoms with van der Waals surface area (Å²) in [6, 6.07) is 14.0. The number of fused-ring (bicyclic) bond motifs is 3. The van der Waals surface area contributed by atoms with Gasteiger partial charge in [0.15, 0.2) is 0 Å². The Hall–Kier alpha value is -3.62. The maximum Gasteiger partial charge on any atom is 0.337 e. The lowest BCUT2D eigenvalue weighted by Gasteiger charge is -2.29. The number of carbonyl (C=O) groups is 1. The van der Waals surface area contributed by atoms with Crippen molar-refractivity contribution in [1.82, 2.24) is 4.90 Å². The standard InChI is InChI=1S/C25H21NO6S/c1-29-25(28)16-4-6-17(7-5-16)32-22-14-30-24-19(23(22)27)8-9-21-20(24)13-26(15-31-21)11-10-18-3-2-12-33-18/h2-9,12,14H,10-11,13,15H2,1H3. The number of hydrogen-bond acceptors (Lipinski definition) is 8. The summed E-state index contributed by atoms with van der Waals surface area (Å²) in [6.45, 7) is 1.98. The molecule has 8 heteroatoms. The molecule has 3 heterocycles. The molecule has 5 rings (SSSR count). The summed E-state index contributed by atoms with van der Waals surface area (Å²) in [7, 11) is 1.32. The lowest BCUT2D eigenvalue weighted by atomic mass is 10.1. The summed E-state index contributed by atoms with van der Waals surface area (Å²) in [4.78, 5) is 28.2. The van der Waals surface area contributed by atoms with E-state index in [0.717, 1.165) is 24.3 Å². The summed E-state index contributed by atoms with van der Waals surface area (Å²) in [5.74, 6) is 0.767. The van der Waals surface area contributed by atoms with Crippen LogP contribution in [0, 0.1) is 0 Å². The third kappa shape index (κ3) is 4.35. The van der Waals surface area contributed by atoms with E-state index in [1.165, 1.54) is 18.3 Å². The van der Waals surface area contributed by atoms with Gasteiger partial charge in [0.25, 0.3) is 0 Å². The Morgan fingerprint density at radius 2 is 2.00 bits per heavy atom.